The highest BCUT2D eigenvalue weighted by molar-refractivity contribution is 7.08. The third kappa shape index (κ3) is 2.90. The van der Waals surface area contributed by atoms with Gasteiger partial charge in [-0.25, -0.2) is 0 Å². The van der Waals surface area contributed by atoms with E-state index in [0.29, 0.717) is 6.54 Å². The van der Waals surface area contributed by atoms with Crippen LogP contribution in [0.3, 0.4) is 0 Å². The molecule has 0 aliphatic carbocycles. The second-order valence-electron chi connectivity index (χ2n) is 5.39. The van der Waals surface area contributed by atoms with E-state index in [2.05, 4.69) is 12.2 Å². The molecule has 0 bridgehead atoms. The number of hydrogen-bond donors (Lipinski definition) is 1. The van der Waals surface area contributed by atoms with Crippen LogP contribution in [0.25, 0.3) is 0 Å². The molecule has 1 aliphatic rings. The Morgan fingerprint density at radius 2 is 2.18 bits per heavy atom. The number of carbonyl (C=O) groups is 2. The fourth-order valence-electron chi connectivity index (χ4n) is 2.77. The fraction of sp³-hybridized carbons (Fsp3) is 0.294. The Morgan fingerprint density at radius 3 is 2.91 bits per heavy atom. The van der Waals surface area contributed by atoms with E-state index in [1.54, 1.807) is 4.90 Å². The highest BCUT2D eigenvalue weighted by Crippen LogP contribution is 2.29. The molecule has 0 spiro atoms. The summed E-state index contributed by atoms with van der Waals surface area (Å²) in [4.78, 5) is 26.4. The molecule has 1 aromatic heterocycles. The van der Waals surface area contributed by atoms with Gasteiger partial charge in [-0.1, -0.05) is 25.1 Å². The molecule has 1 fully saturated rings. The summed E-state index contributed by atoms with van der Waals surface area (Å²) in [6.07, 6.45) is 1.14. The van der Waals surface area contributed by atoms with Crippen LogP contribution in [0.1, 0.15) is 18.9 Å². The number of nitrogens with one attached hydrogen (secondary N) is 1. The lowest BCUT2D eigenvalue weighted by Gasteiger charge is -2.19. The van der Waals surface area contributed by atoms with Gasteiger partial charge in [0.25, 0.3) is 0 Å². The van der Waals surface area contributed by atoms with E-state index < -0.39 is 0 Å². The number of rotatable bonds is 4. The van der Waals surface area contributed by atoms with Gasteiger partial charge in [-0.2, -0.15) is 11.3 Å². The van der Waals surface area contributed by atoms with E-state index in [4.69, 9.17) is 0 Å². The molecule has 5 heteroatoms. The van der Waals surface area contributed by atoms with Crippen LogP contribution in [0.4, 0.5) is 11.4 Å². The van der Waals surface area contributed by atoms with Crippen molar-refractivity contribution in [1.29, 1.82) is 0 Å². The maximum absolute atomic E-state index is 12.3. The number of thiophene rings is 1. The van der Waals surface area contributed by atoms with Gasteiger partial charge in [0.1, 0.15) is 0 Å². The Balaban J connectivity index is 1.74. The molecule has 1 unspecified atom stereocenters. The van der Waals surface area contributed by atoms with Gasteiger partial charge in [-0.05, 0) is 29.5 Å². The Hall–Kier alpha value is -2.14. The topological polar surface area (TPSA) is 49.4 Å². The van der Waals surface area contributed by atoms with Gasteiger partial charge in [0.05, 0.1) is 11.6 Å². The molecule has 1 aliphatic heterocycles. The molecule has 1 saturated heterocycles. The number of benzene rings is 1. The molecule has 2 aromatic rings. The predicted octanol–water partition coefficient (Wildman–Crippen LogP) is 3.30. The lowest BCUT2D eigenvalue weighted by Crippen LogP contribution is -2.28. The fourth-order valence-corrected chi connectivity index (χ4v) is 3.36. The highest BCUT2D eigenvalue weighted by Gasteiger charge is 2.35. The largest absolute Gasteiger partial charge is 0.325 e. The monoisotopic (exact) mass is 314 g/mol. The zero-order chi connectivity index (χ0) is 15.5. The molecule has 0 radical (unpaired) electrons. The maximum Gasteiger partial charge on any atom is 0.229 e. The number of para-hydroxylation sites is 1. The molecule has 2 heterocycles. The first-order valence-corrected chi connectivity index (χ1v) is 8.34. The van der Waals surface area contributed by atoms with Crippen molar-refractivity contribution in [2.75, 3.05) is 16.8 Å². The van der Waals surface area contributed by atoms with Gasteiger partial charge < -0.3 is 10.2 Å². The van der Waals surface area contributed by atoms with Crippen molar-refractivity contribution in [3.8, 4) is 0 Å². The molecule has 1 N–H and O–H groups in total. The molecule has 2 amide bonds. The smallest absolute Gasteiger partial charge is 0.229 e. The van der Waals surface area contributed by atoms with Crippen molar-refractivity contribution in [3.05, 3.63) is 46.7 Å². The van der Waals surface area contributed by atoms with Crippen LogP contribution in [0.5, 0.6) is 0 Å². The lowest BCUT2D eigenvalue weighted by atomic mass is 10.1. The van der Waals surface area contributed by atoms with Gasteiger partial charge >= 0.3 is 0 Å². The SMILES string of the molecule is CCc1ccccc1N1CC(C(=O)Nc2ccsc2)CC1=O. The van der Waals surface area contributed by atoms with Crippen molar-refractivity contribution in [1.82, 2.24) is 0 Å². The Bertz CT molecular complexity index is 682. The van der Waals surface area contributed by atoms with E-state index >= 15 is 0 Å². The zero-order valence-corrected chi connectivity index (χ0v) is 13.2. The van der Waals surface area contributed by atoms with Crippen LogP contribution in [0, 0.1) is 5.92 Å². The standard InChI is InChI=1S/C17H18N2O2S/c1-2-12-5-3-4-6-15(12)19-10-13(9-16(19)20)17(21)18-14-7-8-22-11-14/h3-8,11,13H,2,9-10H2,1H3,(H,18,21). The molecule has 3 rings (SSSR count). The van der Waals surface area contributed by atoms with E-state index in [1.165, 1.54) is 11.3 Å². The number of hydrogen-bond acceptors (Lipinski definition) is 3. The van der Waals surface area contributed by atoms with Crippen LogP contribution in [0.2, 0.25) is 0 Å². The first kappa shape index (κ1) is 14.8. The van der Waals surface area contributed by atoms with Gasteiger partial charge in [0.2, 0.25) is 11.8 Å². The summed E-state index contributed by atoms with van der Waals surface area (Å²) in [7, 11) is 0. The quantitative estimate of drug-likeness (QED) is 0.941. The van der Waals surface area contributed by atoms with Crippen LogP contribution in [-0.2, 0) is 16.0 Å². The predicted molar refractivity (Wildman–Crippen MR) is 89.2 cm³/mol. The van der Waals surface area contributed by atoms with Crippen molar-refractivity contribution in [2.24, 2.45) is 5.92 Å². The number of anilines is 2. The molecule has 22 heavy (non-hydrogen) atoms. The van der Waals surface area contributed by atoms with Crippen molar-refractivity contribution in [2.45, 2.75) is 19.8 Å². The third-order valence-electron chi connectivity index (χ3n) is 3.95. The maximum atomic E-state index is 12.3. The molecule has 114 valence electrons. The second kappa shape index (κ2) is 6.32. The summed E-state index contributed by atoms with van der Waals surface area (Å²) >= 11 is 1.53. The minimum atomic E-state index is -0.294. The number of aryl methyl sites for hydroxylation is 1. The normalized spacial score (nSPS) is 17.8. The van der Waals surface area contributed by atoms with E-state index in [1.807, 2.05) is 41.1 Å². The number of nitrogens with zero attached hydrogens (tertiary/aromatic N) is 1. The third-order valence-corrected chi connectivity index (χ3v) is 4.63. The Morgan fingerprint density at radius 1 is 1.36 bits per heavy atom. The van der Waals surface area contributed by atoms with Crippen LogP contribution in [-0.4, -0.2) is 18.4 Å². The molecular weight excluding hydrogens is 296 g/mol. The Labute approximate surface area is 133 Å². The van der Waals surface area contributed by atoms with Gasteiger partial charge in [-0.15, -0.1) is 0 Å². The minimum Gasteiger partial charge on any atom is -0.325 e. The number of carbonyl (C=O) groups excluding carboxylic acids is 2. The average molecular weight is 314 g/mol. The molecule has 0 saturated carbocycles. The van der Waals surface area contributed by atoms with Crippen LogP contribution < -0.4 is 10.2 Å². The summed E-state index contributed by atoms with van der Waals surface area (Å²) in [5, 5.41) is 6.68. The molecule has 4 nitrogen and oxygen atoms in total. The summed E-state index contributed by atoms with van der Waals surface area (Å²) in [6, 6.07) is 9.75. The van der Waals surface area contributed by atoms with Gasteiger partial charge in [0.15, 0.2) is 0 Å². The van der Waals surface area contributed by atoms with Crippen molar-refractivity contribution >= 4 is 34.5 Å². The second-order valence-corrected chi connectivity index (χ2v) is 6.17. The summed E-state index contributed by atoms with van der Waals surface area (Å²) in [5.74, 6) is -0.355. The summed E-state index contributed by atoms with van der Waals surface area (Å²) in [5.41, 5.74) is 2.87. The number of amides is 2. The highest BCUT2D eigenvalue weighted by atomic mass is 32.1. The van der Waals surface area contributed by atoms with E-state index in [-0.39, 0.29) is 24.2 Å². The van der Waals surface area contributed by atoms with Crippen LogP contribution >= 0.6 is 11.3 Å². The van der Waals surface area contributed by atoms with E-state index in [9.17, 15) is 9.59 Å². The lowest BCUT2D eigenvalue weighted by molar-refractivity contribution is -0.122. The van der Waals surface area contributed by atoms with Crippen LogP contribution in [0.15, 0.2) is 41.1 Å². The van der Waals surface area contributed by atoms with E-state index in [0.717, 1.165) is 23.4 Å². The van der Waals surface area contributed by atoms with Gasteiger partial charge in [-0.3, -0.25) is 9.59 Å². The summed E-state index contributed by atoms with van der Waals surface area (Å²) < 4.78 is 0. The molecule has 1 atom stereocenters. The van der Waals surface area contributed by atoms with Gasteiger partial charge in [0, 0.05) is 24.0 Å². The first-order valence-electron chi connectivity index (χ1n) is 7.40. The van der Waals surface area contributed by atoms with Crippen molar-refractivity contribution in [3.63, 3.8) is 0 Å². The van der Waals surface area contributed by atoms with Crippen molar-refractivity contribution < 1.29 is 9.59 Å². The molecule has 1 aromatic carbocycles. The zero-order valence-electron chi connectivity index (χ0n) is 12.4. The first-order chi connectivity index (χ1) is 10.7. The Kier molecular flexibility index (Phi) is 4.24. The summed E-state index contributed by atoms with van der Waals surface area (Å²) in [6.45, 7) is 2.52. The molecular formula is C17H18N2O2S. The average Bonchev–Trinajstić information content (AvgIpc) is 3.16. The minimum absolute atomic E-state index is 0.0198.